The summed E-state index contributed by atoms with van der Waals surface area (Å²) in [7, 11) is 0. The van der Waals surface area contributed by atoms with Crippen LogP contribution in [-0.4, -0.2) is 17.5 Å². The van der Waals surface area contributed by atoms with Crippen molar-refractivity contribution in [2.45, 2.75) is 39.7 Å². The maximum absolute atomic E-state index is 12.7. The van der Waals surface area contributed by atoms with Crippen molar-refractivity contribution in [1.29, 1.82) is 0 Å². The lowest BCUT2D eigenvalue weighted by atomic mass is 9.46. The van der Waals surface area contributed by atoms with Crippen LogP contribution in [-0.2, 0) is 11.4 Å². The summed E-state index contributed by atoms with van der Waals surface area (Å²) in [5, 5.41) is 3.33. The number of anilines is 1. The van der Waals surface area contributed by atoms with Gasteiger partial charge in [0.2, 0.25) is 0 Å². The lowest BCUT2D eigenvalue weighted by Gasteiger charge is -2.60. The van der Waals surface area contributed by atoms with Gasteiger partial charge in [0.1, 0.15) is 0 Å². The van der Waals surface area contributed by atoms with Crippen molar-refractivity contribution in [2.24, 2.45) is 23.2 Å². The number of aromatic nitrogens is 1. The summed E-state index contributed by atoms with van der Waals surface area (Å²) < 4.78 is 0. The zero-order valence-electron chi connectivity index (χ0n) is 16.7. The van der Waals surface area contributed by atoms with Crippen LogP contribution in [0.4, 0.5) is 5.69 Å². The Balaban J connectivity index is 1.31. The van der Waals surface area contributed by atoms with Crippen molar-refractivity contribution in [3.63, 3.8) is 0 Å². The van der Waals surface area contributed by atoms with E-state index in [-0.39, 0.29) is 5.91 Å². The van der Waals surface area contributed by atoms with E-state index in [1.807, 2.05) is 36.4 Å². The molecule has 3 aliphatic carbocycles. The summed E-state index contributed by atoms with van der Waals surface area (Å²) in [6.45, 7) is 5.98. The van der Waals surface area contributed by atoms with Crippen LogP contribution >= 0.6 is 0 Å². The first-order chi connectivity index (χ1) is 13.6. The molecule has 148 valence electrons. The Bertz CT molecular complexity index is 820. The highest BCUT2D eigenvalue weighted by Gasteiger charge is 2.54. The van der Waals surface area contributed by atoms with Gasteiger partial charge in [0.15, 0.2) is 0 Å². The molecule has 5 rings (SSSR count). The van der Waals surface area contributed by atoms with Gasteiger partial charge >= 0.3 is 0 Å². The van der Waals surface area contributed by atoms with Gasteiger partial charge < -0.3 is 5.32 Å². The molecule has 1 aromatic heterocycles. The van der Waals surface area contributed by atoms with E-state index in [4.69, 9.17) is 4.84 Å². The monoisotopic (exact) mass is 379 g/mol. The summed E-state index contributed by atoms with van der Waals surface area (Å²) in [6, 6.07) is 11.4. The molecule has 0 radical (unpaired) electrons. The molecule has 2 bridgehead atoms. The Morgan fingerprint density at radius 3 is 2.71 bits per heavy atom. The molecule has 1 aromatic carbocycles. The average Bonchev–Trinajstić information content (AvgIpc) is 2.73. The first-order valence-electron chi connectivity index (χ1n) is 10.2. The van der Waals surface area contributed by atoms with E-state index < -0.39 is 0 Å². The lowest BCUT2D eigenvalue weighted by Crippen LogP contribution is -2.53. The normalized spacial score (nSPS) is 24.9. The molecule has 1 amide bonds. The largest absolute Gasteiger partial charge is 0.380 e. The van der Waals surface area contributed by atoms with Gasteiger partial charge in [-0.3, -0.25) is 14.6 Å². The topological polar surface area (TPSA) is 63.2 Å². The number of amides is 1. The standard InChI is InChI=1S/C23H29N3O2/c1-23(2)18-8-7-17(20(23)13-18)15-28-26-22(27)19-5-3-4-6-21(19)25-14-16-9-11-24-12-10-16/h3-6,9-12,17-18,20,25H,7-8,13-15H2,1-2H3,(H,26,27)/t17-,18-,20-/m0/s1. The van der Waals surface area contributed by atoms with Crippen molar-refractivity contribution in [3.8, 4) is 0 Å². The second kappa shape index (κ2) is 7.92. The third-order valence-corrected chi connectivity index (χ3v) is 6.87. The number of fused-ring (bicyclic) bond motifs is 2. The summed E-state index contributed by atoms with van der Waals surface area (Å²) in [5.74, 6) is 1.93. The first-order valence-corrected chi connectivity index (χ1v) is 10.2. The minimum Gasteiger partial charge on any atom is -0.380 e. The number of hydrogen-bond acceptors (Lipinski definition) is 4. The molecule has 28 heavy (non-hydrogen) atoms. The maximum atomic E-state index is 12.7. The third kappa shape index (κ3) is 3.76. The van der Waals surface area contributed by atoms with E-state index in [2.05, 4.69) is 29.6 Å². The number of nitrogens with one attached hydrogen (secondary N) is 2. The molecular formula is C23H29N3O2. The fourth-order valence-corrected chi connectivity index (χ4v) is 4.96. The van der Waals surface area contributed by atoms with E-state index in [0.717, 1.165) is 23.1 Å². The van der Waals surface area contributed by atoms with Gasteiger partial charge in [0, 0.05) is 24.6 Å². The van der Waals surface area contributed by atoms with Crippen molar-refractivity contribution in [2.75, 3.05) is 11.9 Å². The Hall–Kier alpha value is -2.40. The molecule has 3 fully saturated rings. The maximum Gasteiger partial charge on any atom is 0.276 e. The number of benzene rings is 1. The van der Waals surface area contributed by atoms with E-state index in [1.165, 1.54) is 19.3 Å². The van der Waals surface area contributed by atoms with Crippen LogP contribution in [0, 0.1) is 23.2 Å². The smallest absolute Gasteiger partial charge is 0.276 e. The van der Waals surface area contributed by atoms with Crippen molar-refractivity contribution >= 4 is 11.6 Å². The number of para-hydroxylation sites is 1. The van der Waals surface area contributed by atoms with Gasteiger partial charge in [0.25, 0.3) is 5.91 Å². The van der Waals surface area contributed by atoms with E-state index in [0.29, 0.717) is 30.0 Å². The zero-order chi connectivity index (χ0) is 19.6. The summed E-state index contributed by atoms with van der Waals surface area (Å²) >= 11 is 0. The van der Waals surface area contributed by atoms with Gasteiger partial charge in [0.05, 0.1) is 12.2 Å². The first kappa shape index (κ1) is 18.9. The molecular weight excluding hydrogens is 350 g/mol. The van der Waals surface area contributed by atoms with Crippen LogP contribution in [0.5, 0.6) is 0 Å². The van der Waals surface area contributed by atoms with Crippen LogP contribution in [0.3, 0.4) is 0 Å². The minimum atomic E-state index is -0.209. The predicted octanol–water partition coefficient (Wildman–Crippen LogP) is 4.43. The molecule has 1 heterocycles. The van der Waals surface area contributed by atoms with Gasteiger partial charge in [-0.2, -0.15) is 0 Å². The Kier molecular flexibility index (Phi) is 5.36. The quantitative estimate of drug-likeness (QED) is 0.699. The zero-order valence-corrected chi connectivity index (χ0v) is 16.7. The number of hydroxylamine groups is 1. The van der Waals surface area contributed by atoms with Gasteiger partial charge in [-0.25, -0.2) is 5.48 Å². The van der Waals surface area contributed by atoms with Crippen molar-refractivity contribution in [3.05, 3.63) is 59.9 Å². The number of nitrogens with zero attached hydrogens (tertiary/aromatic N) is 1. The van der Waals surface area contributed by atoms with E-state index in [1.54, 1.807) is 12.4 Å². The van der Waals surface area contributed by atoms with Crippen LogP contribution in [0.15, 0.2) is 48.8 Å². The third-order valence-electron chi connectivity index (χ3n) is 6.87. The Morgan fingerprint density at radius 1 is 1.18 bits per heavy atom. The highest BCUT2D eigenvalue weighted by Crippen LogP contribution is 2.61. The molecule has 0 saturated heterocycles. The Labute approximate surface area is 166 Å². The van der Waals surface area contributed by atoms with E-state index in [9.17, 15) is 4.79 Å². The molecule has 5 heteroatoms. The van der Waals surface area contributed by atoms with Crippen LogP contribution in [0.2, 0.25) is 0 Å². The fourth-order valence-electron chi connectivity index (χ4n) is 4.96. The van der Waals surface area contributed by atoms with E-state index >= 15 is 0 Å². The Morgan fingerprint density at radius 2 is 1.96 bits per heavy atom. The SMILES string of the molecule is CC1(C)[C@H]2CC[C@@H](CONC(=O)c3ccccc3NCc3ccncc3)[C@@H]1C2. The van der Waals surface area contributed by atoms with Crippen LogP contribution in [0.25, 0.3) is 0 Å². The predicted molar refractivity (Wildman–Crippen MR) is 110 cm³/mol. The summed E-state index contributed by atoms with van der Waals surface area (Å²) in [5.41, 5.74) is 5.58. The molecule has 2 N–H and O–H groups in total. The molecule has 2 aromatic rings. The highest BCUT2D eigenvalue weighted by atomic mass is 16.7. The van der Waals surface area contributed by atoms with Gasteiger partial charge in [-0.05, 0) is 72.3 Å². The molecule has 0 spiro atoms. The minimum absolute atomic E-state index is 0.209. The second-order valence-corrected chi connectivity index (χ2v) is 8.69. The molecule has 0 aliphatic heterocycles. The summed E-state index contributed by atoms with van der Waals surface area (Å²) in [4.78, 5) is 22.3. The van der Waals surface area contributed by atoms with Crippen molar-refractivity contribution in [1.82, 2.24) is 10.5 Å². The van der Waals surface area contributed by atoms with Gasteiger partial charge in [-0.1, -0.05) is 26.0 Å². The summed E-state index contributed by atoms with van der Waals surface area (Å²) in [6.07, 6.45) is 7.34. The fraction of sp³-hybridized carbons (Fsp3) is 0.478. The molecule has 0 unspecified atom stereocenters. The van der Waals surface area contributed by atoms with Gasteiger partial charge in [-0.15, -0.1) is 0 Å². The molecule has 5 nitrogen and oxygen atoms in total. The second-order valence-electron chi connectivity index (χ2n) is 8.69. The number of carbonyl (C=O) groups is 1. The molecule has 3 aliphatic rings. The molecule has 3 saturated carbocycles. The lowest BCUT2D eigenvalue weighted by molar-refractivity contribution is -0.130. The van der Waals surface area contributed by atoms with Crippen molar-refractivity contribution < 1.29 is 9.63 Å². The highest BCUT2D eigenvalue weighted by molar-refractivity contribution is 5.98. The number of hydrogen-bond donors (Lipinski definition) is 2. The number of carbonyl (C=O) groups excluding carboxylic acids is 1. The number of pyridine rings is 1. The molecule has 3 atom stereocenters. The van der Waals surface area contributed by atoms with Crippen LogP contribution < -0.4 is 10.8 Å². The van der Waals surface area contributed by atoms with Crippen LogP contribution in [0.1, 0.15) is 49.0 Å². The number of rotatable bonds is 7. The average molecular weight is 380 g/mol.